The minimum Gasteiger partial charge on any atom is -0.426 e. The Hall–Kier alpha value is -3.95. The Kier molecular flexibility index (Phi) is 9.17. The van der Waals surface area contributed by atoms with Crippen molar-refractivity contribution < 1.29 is 24.5 Å². The van der Waals surface area contributed by atoms with E-state index in [2.05, 4.69) is 15.8 Å². The summed E-state index contributed by atoms with van der Waals surface area (Å²) < 4.78 is 0. The van der Waals surface area contributed by atoms with E-state index in [9.17, 15) is 19.6 Å². The third-order valence-corrected chi connectivity index (χ3v) is 6.69. The van der Waals surface area contributed by atoms with Crippen molar-refractivity contribution in [1.82, 2.24) is 10.6 Å². The van der Waals surface area contributed by atoms with Gasteiger partial charge in [-0.05, 0) is 41.2 Å². The Morgan fingerprint density at radius 2 is 1.56 bits per heavy atom. The van der Waals surface area contributed by atoms with Crippen LogP contribution in [0.2, 0.25) is 0 Å². The van der Waals surface area contributed by atoms with E-state index in [1.165, 1.54) is 0 Å². The molecule has 0 radical (unpaired) electrons. The number of nitrogens with zero attached hydrogens (tertiary/aromatic N) is 1. The molecular weight excluding hydrogens is 493 g/mol. The second kappa shape index (κ2) is 12.7. The van der Waals surface area contributed by atoms with Crippen LogP contribution < -0.4 is 10.6 Å². The normalized spacial score (nSPS) is 17.2. The zero-order valence-corrected chi connectivity index (χ0v) is 22.2. The topological polar surface area (TPSA) is 120 Å². The summed E-state index contributed by atoms with van der Waals surface area (Å²) in [4.78, 5) is 32.1. The molecule has 0 saturated carbocycles. The van der Waals surface area contributed by atoms with Crippen molar-refractivity contribution >= 4 is 24.6 Å². The smallest absolute Gasteiger partial charge is 0.426 e. The lowest BCUT2D eigenvalue weighted by Gasteiger charge is -2.29. The minimum atomic E-state index is -1.71. The molecule has 3 aromatic carbocycles. The molecule has 4 rings (SSSR count). The fourth-order valence-corrected chi connectivity index (χ4v) is 4.66. The van der Waals surface area contributed by atoms with E-state index >= 15 is 0 Å². The standard InChI is InChI=1S/C30H34BN3O5/c1-21(2)17-27(31(37)38)33-29(36)30(18-22-9-5-3-6-10-22)19-26(34-39-30)20-32-28(35)25-15-13-24(14-16-25)23-11-7-4-8-12-23/h3-16,21,27,37-38H,17-20H2,1-2H3,(H,32,35)(H,33,36)/t27-,30?/m0/s1. The Bertz CT molecular complexity index is 1280. The molecule has 2 atom stereocenters. The molecule has 0 aromatic heterocycles. The maximum atomic E-state index is 13.5. The third kappa shape index (κ3) is 7.34. The van der Waals surface area contributed by atoms with Crippen LogP contribution in [0.1, 0.15) is 42.6 Å². The molecule has 202 valence electrons. The second-order valence-corrected chi connectivity index (χ2v) is 10.3. The lowest BCUT2D eigenvalue weighted by atomic mass is 9.74. The van der Waals surface area contributed by atoms with Gasteiger partial charge in [0.15, 0.2) is 0 Å². The molecule has 0 aliphatic carbocycles. The number of carbonyl (C=O) groups is 2. The summed E-state index contributed by atoms with van der Waals surface area (Å²) in [5.41, 5.74) is 2.61. The molecule has 0 spiro atoms. The van der Waals surface area contributed by atoms with Crippen molar-refractivity contribution in [1.29, 1.82) is 0 Å². The van der Waals surface area contributed by atoms with E-state index in [0.717, 1.165) is 16.7 Å². The van der Waals surface area contributed by atoms with E-state index in [4.69, 9.17) is 4.84 Å². The van der Waals surface area contributed by atoms with Crippen LogP contribution in [0.25, 0.3) is 11.1 Å². The lowest BCUT2D eigenvalue weighted by molar-refractivity contribution is -0.144. The van der Waals surface area contributed by atoms with Gasteiger partial charge in [0.05, 0.1) is 18.2 Å². The van der Waals surface area contributed by atoms with E-state index in [1.807, 2.05) is 86.6 Å². The van der Waals surface area contributed by atoms with Gasteiger partial charge in [0.2, 0.25) is 5.60 Å². The van der Waals surface area contributed by atoms with Crippen molar-refractivity contribution in [2.45, 2.75) is 44.7 Å². The predicted molar refractivity (Wildman–Crippen MR) is 152 cm³/mol. The van der Waals surface area contributed by atoms with Crippen LogP contribution in [-0.2, 0) is 16.1 Å². The molecule has 1 aliphatic rings. The molecule has 39 heavy (non-hydrogen) atoms. The number of hydrogen-bond donors (Lipinski definition) is 4. The van der Waals surface area contributed by atoms with Gasteiger partial charge < -0.3 is 25.5 Å². The van der Waals surface area contributed by atoms with Gasteiger partial charge in [-0.15, -0.1) is 0 Å². The number of hydrogen-bond acceptors (Lipinski definition) is 6. The summed E-state index contributed by atoms with van der Waals surface area (Å²) in [5.74, 6) is -1.46. The van der Waals surface area contributed by atoms with Crippen LogP contribution in [0, 0.1) is 5.92 Å². The number of carbonyl (C=O) groups excluding carboxylic acids is 2. The SMILES string of the molecule is CC(C)C[C@H](NC(=O)C1(Cc2ccccc2)CC(CNC(=O)c2ccc(-c3ccccc3)cc2)=NO1)B(O)O. The first-order valence-corrected chi connectivity index (χ1v) is 13.1. The monoisotopic (exact) mass is 527 g/mol. The first-order valence-electron chi connectivity index (χ1n) is 13.1. The maximum Gasteiger partial charge on any atom is 0.475 e. The highest BCUT2D eigenvalue weighted by molar-refractivity contribution is 6.43. The van der Waals surface area contributed by atoms with Crippen molar-refractivity contribution in [2.24, 2.45) is 11.1 Å². The predicted octanol–water partition coefficient (Wildman–Crippen LogP) is 3.38. The zero-order chi connectivity index (χ0) is 27.8. The zero-order valence-electron chi connectivity index (χ0n) is 22.2. The van der Waals surface area contributed by atoms with Gasteiger partial charge in [0.25, 0.3) is 11.8 Å². The van der Waals surface area contributed by atoms with Gasteiger partial charge in [0, 0.05) is 18.4 Å². The van der Waals surface area contributed by atoms with Gasteiger partial charge >= 0.3 is 7.12 Å². The molecule has 9 heteroatoms. The Labute approximate surface area is 229 Å². The van der Waals surface area contributed by atoms with Crippen molar-refractivity contribution in [3.05, 3.63) is 96.1 Å². The van der Waals surface area contributed by atoms with E-state index in [0.29, 0.717) is 17.7 Å². The van der Waals surface area contributed by atoms with Crippen molar-refractivity contribution in [2.75, 3.05) is 6.54 Å². The average molecular weight is 527 g/mol. The molecule has 4 N–H and O–H groups in total. The van der Waals surface area contributed by atoms with Crippen molar-refractivity contribution in [3.8, 4) is 11.1 Å². The van der Waals surface area contributed by atoms with E-state index < -0.39 is 24.6 Å². The number of nitrogens with one attached hydrogen (secondary N) is 2. The largest absolute Gasteiger partial charge is 0.475 e. The van der Waals surface area contributed by atoms with Gasteiger partial charge in [-0.3, -0.25) is 9.59 Å². The van der Waals surface area contributed by atoms with E-state index in [-0.39, 0.29) is 31.2 Å². The molecule has 1 aliphatic heterocycles. The molecule has 1 unspecified atom stereocenters. The van der Waals surface area contributed by atoms with Gasteiger partial charge in [0.1, 0.15) is 0 Å². The van der Waals surface area contributed by atoms with Gasteiger partial charge in [-0.2, -0.15) is 0 Å². The minimum absolute atomic E-state index is 0.112. The van der Waals surface area contributed by atoms with Crippen LogP contribution in [0.5, 0.6) is 0 Å². The van der Waals surface area contributed by atoms with Crippen LogP contribution in [-0.4, -0.2) is 52.8 Å². The molecule has 8 nitrogen and oxygen atoms in total. The number of benzene rings is 3. The highest BCUT2D eigenvalue weighted by atomic mass is 16.7. The lowest BCUT2D eigenvalue weighted by Crippen LogP contribution is -2.56. The summed E-state index contributed by atoms with van der Waals surface area (Å²) >= 11 is 0. The molecule has 0 saturated heterocycles. The molecule has 3 aromatic rings. The molecule has 1 heterocycles. The summed E-state index contributed by atoms with van der Waals surface area (Å²) in [5, 5.41) is 29.5. The number of rotatable bonds is 11. The van der Waals surface area contributed by atoms with Crippen LogP contribution in [0.15, 0.2) is 90.1 Å². The number of amides is 2. The number of oxime groups is 1. The van der Waals surface area contributed by atoms with E-state index in [1.54, 1.807) is 12.1 Å². The Balaban J connectivity index is 1.42. The fraction of sp³-hybridized carbons (Fsp3) is 0.300. The van der Waals surface area contributed by atoms with Crippen LogP contribution in [0.3, 0.4) is 0 Å². The molecule has 0 bridgehead atoms. The molecule has 2 amide bonds. The van der Waals surface area contributed by atoms with Crippen LogP contribution in [0.4, 0.5) is 0 Å². The highest BCUT2D eigenvalue weighted by Gasteiger charge is 2.48. The van der Waals surface area contributed by atoms with Crippen molar-refractivity contribution in [3.63, 3.8) is 0 Å². The molecule has 0 fully saturated rings. The molecular formula is C30H34BN3O5. The summed E-state index contributed by atoms with van der Waals surface area (Å²) in [6, 6.07) is 26.7. The first-order chi connectivity index (χ1) is 18.8. The first kappa shape index (κ1) is 28.1. The third-order valence-electron chi connectivity index (χ3n) is 6.69. The summed E-state index contributed by atoms with van der Waals surface area (Å²) in [7, 11) is -1.71. The summed E-state index contributed by atoms with van der Waals surface area (Å²) in [6.45, 7) is 3.99. The second-order valence-electron chi connectivity index (χ2n) is 10.3. The quantitative estimate of drug-likeness (QED) is 0.285. The summed E-state index contributed by atoms with van der Waals surface area (Å²) in [6.07, 6.45) is 0.770. The fourth-order valence-electron chi connectivity index (χ4n) is 4.66. The average Bonchev–Trinajstić information content (AvgIpc) is 3.36. The maximum absolute atomic E-state index is 13.5. The highest BCUT2D eigenvalue weighted by Crippen LogP contribution is 2.29. The van der Waals surface area contributed by atoms with Gasteiger partial charge in [-0.25, -0.2) is 0 Å². The Morgan fingerprint density at radius 1 is 0.949 bits per heavy atom. The van der Waals surface area contributed by atoms with Gasteiger partial charge in [-0.1, -0.05) is 91.8 Å². The Morgan fingerprint density at radius 3 is 2.18 bits per heavy atom. The van der Waals surface area contributed by atoms with Crippen LogP contribution >= 0.6 is 0 Å².